The molecule has 1 heterocycles. The molecule has 0 radical (unpaired) electrons. The summed E-state index contributed by atoms with van der Waals surface area (Å²) >= 11 is 0. The molecule has 0 aliphatic carbocycles. The van der Waals surface area contributed by atoms with Gasteiger partial charge in [0.25, 0.3) is 0 Å². The summed E-state index contributed by atoms with van der Waals surface area (Å²) in [5, 5.41) is 14.9. The van der Waals surface area contributed by atoms with Gasteiger partial charge < -0.3 is 25.9 Å². The van der Waals surface area contributed by atoms with Gasteiger partial charge in [-0.05, 0) is 39.2 Å². The minimum atomic E-state index is -0.668. The lowest BCUT2D eigenvalue weighted by Crippen LogP contribution is -2.38. The van der Waals surface area contributed by atoms with Crippen molar-refractivity contribution in [2.45, 2.75) is 51.7 Å². The normalized spacial score (nSPS) is 16.1. The maximum absolute atomic E-state index is 12.7. The topological polar surface area (TPSA) is 117 Å². The second kappa shape index (κ2) is 8.75. The van der Waals surface area contributed by atoms with E-state index in [-0.39, 0.29) is 18.2 Å². The van der Waals surface area contributed by atoms with Gasteiger partial charge in [0.15, 0.2) is 5.84 Å². The van der Waals surface area contributed by atoms with Crippen molar-refractivity contribution in [2.24, 2.45) is 10.9 Å². The predicted octanol–water partition coefficient (Wildman–Crippen LogP) is 2.36. The molecule has 1 aromatic carbocycles. The first-order chi connectivity index (χ1) is 12.7. The number of benzene rings is 1. The number of rotatable bonds is 5. The summed E-state index contributed by atoms with van der Waals surface area (Å²) in [4.78, 5) is 26.8. The van der Waals surface area contributed by atoms with Crippen LogP contribution in [0.1, 0.15) is 57.2 Å². The second-order valence-electron chi connectivity index (χ2n) is 7.56. The Balaban J connectivity index is 2.29. The SMILES string of the molecule is CC(C)(C)OC(=O)NC(CC(=O)N1CCCC1)c1ccccc1/C(N)=N/O. The summed E-state index contributed by atoms with van der Waals surface area (Å²) in [6.07, 6.45) is 1.40. The summed E-state index contributed by atoms with van der Waals surface area (Å²) in [5.41, 5.74) is 6.15. The van der Waals surface area contributed by atoms with Gasteiger partial charge >= 0.3 is 6.09 Å². The third-order valence-corrected chi connectivity index (χ3v) is 4.25. The largest absolute Gasteiger partial charge is 0.444 e. The van der Waals surface area contributed by atoms with Gasteiger partial charge in [0.2, 0.25) is 5.91 Å². The van der Waals surface area contributed by atoms with Gasteiger partial charge in [-0.2, -0.15) is 0 Å². The van der Waals surface area contributed by atoms with Crippen molar-refractivity contribution < 1.29 is 19.5 Å². The number of hydrogen-bond acceptors (Lipinski definition) is 5. The highest BCUT2D eigenvalue weighted by atomic mass is 16.6. The number of carbonyl (C=O) groups is 2. The predicted molar refractivity (Wildman–Crippen MR) is 101 cm³/mol. The highest BCUT2D eigenvalue weighted by Crippen LogP contribution is 2.24. The van der Waals surface area contributed by atoms with Crippen molar-refractivity contribution in [3.63, 3.8) is 0 Å². The zero-order valence-electron chi connectivity index (χ0n) is 16.1. The van der Waals surface area contributed by atoms with E-state index in [1.54, 1.807) is 49.9 Å². The van der Waals surface area contributed by atoms with Gasteiger partial charge in [0, 0.05) is 18.7 Å². The minimum absolute atomic E-state index is 0.0529. The van der Waals surface area contributed by atoms with Crippen molar-refractivity contribution >= 4 is 17.8 Å². The van der Waals surface area contributed by atoms with Gasteiger partial charge in [-0.3, -0.25) is 4.79 Å². The van der Waals surface area contributed by atoms with Crippen LogP contribution in [-0.2, 0) is 9.53 Å². The third-order valence-electron chi connectivity index (χ3n) is 4.25. The van der Waals surface area contributed by atoms with Crippen LogP contribution in [0.3, 0.4) is 0 Å². The van der Waals surface area contributed by atoms with Crippen molar-refractivity contribution in [1.82, 2.24) is 10.2 Å². The Bertz CT molecular complexity index is 706. The molecule has 1 aromatic rings. The fraction of sp³-hybridized carbons (Fsp3) is 0.526. The molecule has 1 fully saturated rings. The quantitative estimate of drug-likeness (QED) is 0.316. The Kier molecular flexibility index (Phi) is 6.65. The lowest BCUT2D eigenvalue weighted by molar-refractivity contribution is -0.130. The van der Waals surface area contributed by atoms with Gasteiger partial charge in [-0.15, -0.1) is 0 Å². The second-order valence-corrected chi connectivity index (χ2v) is 7.56. The molecule has 1 aliphatic heterocycles. The number of nitrogens with zero attached hydrogens (tertiary/aromatic N) is 2. The number of ether oxygens (including phenoxy) is 1. The van der Waals surface area contributed by atoms with Crippen LogP contribution in [0.15, 0.2) is 29.4 Å². The van der Waals surface area contributed by atoms with Crippen LogP contribution in [-0.4, -0.2) is 46.6 Å². The van der Waals surface area contributed by atoms with Crippen molar-refractivity contribution in [3.8, 4) is 0 Å². The molecular weight excluding hydrogens is 348 g/mol. The molecule has 27 heavy (non-hydrogen) atoms. The van der Waals surface area contributed by atoms with E-state index in [1.165, 1.54) is 0 Å². The molecule has 8 nitrogen and oxygen atoms in total. The number of alkyl carbamates (subject to hydrolysis) is 1. The molecule has 0 spiro atoms. The zero-order chi connectivity index (χ0) is 20.0. The summed E-state index contributed by atoms with van der Waals surface area (Å²) in [6, 6.07) is 6.27. The van der Waals surface area contributed by atoms with Crippen molar-refractivity contribution in [3.05, 3.63) is 35.4 Å². The average Bonchev–Trinajstić information content (AvgIpc) is 3.13. The Morgan fingerprint density at radius 3 is 2.52 bits per heavy atom. The van der Waals surface area contributed by atoms with Crippen LogP contribution in [0.2, 0.25) is 0 Å². The highest BCUT2D eigenvalue weighted by molar-refractivity contribution is 5.98. The fourth-order valence-corrected chi connectivity index (χ4v) is 3.05. The summed E-state index contributed by atoms with van der Waals surface area (Å²) < 4.78 is 5.34. The van der Waals surface area contributed by atoms with Crippen molar-refractivity contribution in [1.29, 1.82) is 0 Å². The standard InChI is InChI=1S/C19H28N4O4/c1-19(2,3)27-18(25)21-15(12-16(24)23-10-6-7-11-23)13-8-4-5-9-14(13)17(20)22-26/h4-5,8-9,15,26H,6-7,10-12H2,1-3H3,(H2,20,22)(H,21,25). The third kappa shape index (κ3) is 5.87. The first-order valence-corrected chi connectivity index (χ1v) is 9.05. The number of hydrogen-bond donors (Lipinski definition) is 3. The summed E-state index contributed by atoms with van der Waals surface area (Å²) in [6.45, 7) is 6.74. The Labute approximate surface area is 159 Å². The van der Waals surface area contributed by atoms with Gasteiger partial charge in [0.1, 0.15) is 5.60 Å². The number of amidine groups is 1. The zero-order valence-corrected chi connectivity index (χ0v) is 16.1. The van der Waals surface area contributed by atoms with Crippen LogP contribution >= 0.6 is 0 Å². The highest BCUT2D eigenvalue weighted by Gasteiger charge is 2.27. The first-order valence-electron chi connectivity index (χ1n) is 9.05. The van der Waals surface area contributed by atoms with Crippen LogP contribution < -0.4 is 11.1 Å². The minimum Gasteiger partial charge on any atom is -0.444 e. The molecule has 148 valence electrons. The monoisotopic (exact) mass is 376 g/mol. The number of amides is 2. The van der Waals surface area contributed by atoms with E-state index in [1.807, 2.05) is 0 Å². The smallest absolute Gasteiger partial charge is 0.408 e. The maximum atomic E-state index is 12.7. The molecule has 8 heteroatoms. The van der Waals surface area contributed by atoms with E-state index in [0.717, 1.165) is 25.9 Å². The van der Waals surface area contributed by atoms with Gasteiger partial charge in [-0.25, -0.2) is 4.79 Å². The van der Waals surface area contributed by atoms with Crippen LogP contribution in [0, 0.1) is 0 Å². The van der Waals surface area contributed by atoms with Gasteiger partial charge in [0.05, 0.1) is 12.5 Å². The van der Waals surface area contributed by atoms with E-state index in [2.05, 4.69) is 10.5 Å². The molecule has 1 saturated heterocycles. The Hall–Kier alpha value is -2.77. The molecule has 0 saturated carbocycles. The summed E-state index contributed by atoms with van der Waals surface area (Å²) in [7, 11) is 0. The van der Waals surface area contributed by atoms with Crippen molar-refractivity contribution in [2.75, 3.05) is 13.1 Å². The van der Waals surface area contributed by atoms with E-state index in [4.69, 9.17) is 15.7 Å². The Morgan fingerprint density at radius 2 is 1.93 bits per heavy atom. The first kappa shape index (κ1) is 20.5. The lowest BCUT2D eigenvalue weighted by Gasteiger charge is -2.26. The molecular formula is C19H28N4O4. The lowest BCUT2D eigenvalue weighted by atomic mass is 9.96. The molecule has 4 N–H and O–H groups in total. The van der Waals surface area contributed by atoms with E-state index < -0.39 is 17.7 Å². The molecule has 0 bridgehead atoms. The number of nitrogens with two attached hydrogens (primary N) is 1. The average molecular weight is 376 g/mol. The molecule has 2 rings (SSSR count). The van der Waals surface area contributed by atoms with E-state index in [9.17, 15) is 9.59 Å². The van der Waals surface area contributed by atoms with E-state index >= 15 is 0 Å². The van der Waals surface area contributed by atoms with E-state index in [0.29, 0.717) is 11.1 Å². The van der Waals surface area contributed by atoms with Gasteiger partial charge in [-0.1, -0.05) is 29.4 Å². The molecule has 1 unspecified atom stereocenters. The molecule has 1 aliphatic rings. The van der Waals surface area contributed by atoms with Crippen LogP contribution in [0.4, 0.5) is 4.79 Å². The van der Waals surface area contributed by atoms with Crippen LogP contribution in [0.25, 0.3) is 0 Å². The molecule has 1 atom stereocenters. The Morgan fingerprint density at radius 1 is 1.30 bits per heavy atom. The van der Waals surface area contributed by atoms with Crippen LogP contribution in [0.5, 0.6) is 0 Å². The molecule has 0 aromatic heterocycles. The number of carbonyl (C=O) groups excluding carboxylic acids is 2. The fourth-order valence-electron chi connectivity index (χ4n) is 3.05. The number of likely N-dealkylation sites (tertiary alicyclic amines) is 1. The summed E-state index contributed by atoms with van der Waals surface area (Å²) in [5.74, 6) is -0.141. The number of oxime groups is 1. The maximum Gasteiger partial charge on any atom is 0.408 e. The molecule has 2 amide bonds. The number of nitrogens with one attached hydrogen (secondary N) is 1.